The summed E-state index contributed by atoms with van der Waals surface area (Å²) in [6.45, 7) is 2.71. The van der Waals surface area contributed by atoms with E-state index >= 15 is 0 Å². The van der Waals surface area contributed by atoms with Crippen molar-refractivity contribution >= 4 is 15.9 Å². The molecular weight excluding hydrogens is 287 g/mol. The summed E-state index contributed by atoms with van der Waals surface area (Å²) in [6, 6.07) is 4.85. The minimum atomic E-state index is -0.271. The summed E-state index contributed by atoms with van der Waals surface area (Å²) < 4.78 is 19.6. The summed E-state index contributed by atoms with van der Waals surface area (Å²) in [5, 5.41) is 9.60. The first-order valence-electron chi connectivity index (χ1n) is 5.73. The van der Waals surface area contributed by atoms with Gasteiger partial charge in [-0.05, 0) is 43.5 Å². The second kappa shape index (κ2) is 5.04. The number of rotatable bonds is 3. The molecule has 1 aliphatic rings. The second-order valence-corrected chi connectivity index (χ2v) is 5.65. The van der Waals surface area contributed by atoms with Crippen LogP contribution in [0.25, 0.3) is 0 Å². The molecule has 1 N–H and O–H groups in total. The minimum Gasteiger partial charge on any atom is -0.396 e. The maximum Gasteiger partial charge on any atom is 0.124 e. The van der Waals surface area contributed by atoms with Gasteiger partial charge in [0.25, 0.3) is 0 Å². The van der Waals surface area contributed by atoms with Gasteiger partial charge in [0.1, 0.15) is 5.82 Å². The van der Waals surface area contributed by atoms with Gasteiger partial charge in [-0.15, -0.1) is 0 Å². The Morgan fingerprint density at radius 2 is 2.29 bits per heavy atom. The zero-order valence-electron chi connectivity index (χ0n) is 9.75. The lowest BCUT2D eigenvalue weighted by Crippen LogP contribution is -2.35. The predicted octanol–water partition coefficient (Wildman–Crippen LogP) is 2.92. The van der Waals surface area contributed by atoms with Crippen LogP contribution < -0.4 is 0 Å². The van der Waals surface area contributed by atoms with Gasteiger partial charge in [0, 0.05) is 16.5 Å². The van der Waals surface area contributed by atoms with Crippen molar-refractivity contribution in [2.24, 2.45) is 5.41 Å². The van der Waals surface area contributed by atoms with Gasteiger partial charge in [-0.2, -0.15) is 0 Å². The summed E-state index contributed by atoms with van der Waals surface area (Å²) in [6.07, 6.45) is 1.47. The summed E-state index contributed by atoms with van der Waals surface area (Å²) >= 11 is 3.28. The van der Waals surface area contributed by atoms with Crippen molar-refractivity contribution in [2.75, 3.05) is 13.2 Å². The first kappa shape index (κ1) is 13.0. The zero-order chi connectivity index (χ0) is 12.5. The van der Waals surface area contributed by atoms with Crippen LogP contribution in [0.1, 0.15) is 18.9 Å². The predicted molar refractivity (Wildman–Crippen MR) is 67.4 cm³/mol. The van der Waals surface area contributed by atoms with E-state index in [1.165, 1.54) is 12.1 Å². The van der Waals surface area contributed by atoms with E-state index in [1.54, 1.807) is 0 Å². The molecule has 2 nitrogen and oxygen atoms in total. The van der Waals surface area contributed by atoms with E-state index in [2.05, 4.69) is 15.9 Å². The van der Waals surface area contributed by atoms with E-state index in [1.807, 2.05) is 13.0 Å². The summed E-state index contributed by atoms with van der Waals surface area (Å²) in [7, 11) is 0. The molecule has 0 amide bonds. The van der Waals surface area contributed by atoms with Gasteiger partial charge in [-0.3, -0.25) is 0 Å². The molecule has 17 heavy (non-hydrogen) atoms. The van der Waals surface area contributed by atoms with Gasteiger partial charge in [0.05, 0.1) is 12.7 Å². The molecule has 2 atom stereocenters. The molecule has 2 unspecified atom stereocenters. The van der Waals surface area contributed by atoms with Crippen LogP contribution in [0.2, 0.25) is 0 Å². The maximum atomic E-state index is 13.3. The molecule has 1 fully saturated rings. The van der Waals surface area contributed by atoms with Gasteiger partial charge < -0.3 is 9.84 Å². The van der Waals surface area contributed by atoms with Gasteiger partial charge in [0.15, 0.2) is 0 Å². The van der Waals surface area contributed by atoms with Crippen LogP contribution >= 0.6 is 15.9 Å². The highest BCUT2D eigenvalue weighted by molar-refractivity contribution is 9.10. The Morgan fingerprint density at radius 1 is 1.53 bits per heavy atom. The van der Waals surface area contributed by atoms with Crippen molar-refractivity contribution in [1.29, 1.82) is 0 Å². The number of aliphatic hydroxyl groups is 1. The standard InChI is InChI=1S/C13H16BrFO2/c1-9-13(8-16,2-3-17-9)7-10-4-11(14)6-12(15)5-10/h4-6,9,16H,2-3,7-8H2,1H3. The van der Waals surface area contributed by atoms with Crippen LogP contribution in [-0.2, 0) is 11.2 Å². The Balaban J connectivity index is 2.24. The minimum absolute atomic E-state index is 0.00884. The third kappa shape index (κ3) is 2.69. The molecule has 1 aromatic rings. The molecule has 4 heteroatoms. The maximum absolute atomic E-state index is 13.3. The second-order valence-electron chi connectivity index (χ2n) is 4.74. The topological polar surface area (TPSA) is 29.5 Å². The van der Waals surface area contributed by atoms with Gasteiger partial charge in [-0.25, -0.2) is 4.39 Å². The van der Waals surface area contributed by atoms with Crippen molar-refractivity contribution < 1.29 is 14.2 Å². The fourth-order valence-electron chi connectivity index (χ4n) is 2.43. The third-order valence-electron chi connectivity index (χ3n) is 3.62. The number of hydrogen-bond acceptors (Lipinski definition) is 2. The van der Waals surface area contributed by atoms with Gasteiger partial charge >= 0.3 is 0 Å². The Bertz CT molecular complexity index is 390. The molecule has 0 aromatic heterocycles. The third-order valence-corrected chi connectivity index (χ3v) is 4.08. The molecule has 1 heterocycles. The highest BCUT2D eigenvalue weighted by Gasteiger charge is 2.41. The van der Waals surface area contributed by atoms with E-state index in [4.69, 9.17) is 4.74 Å². The summed E-state index contributed by atoms with van der Waals surface area (Å²) in [4.78, 5) is 0. The van der Waals surface area contributed by atoms with Crippen molar-refractivity contribution in [3.8, 4) is 0 Å². The highest BCUT2D eigenvalue weighted by Crippen LogP contribution is 2.38. The van der Waals surface area contributed by atoms with E-state index in [9.17, 15) is 9.50 Å². The van der Waals surface area contributed by atoms with Crippen LogP contribution in [0.4, 0.5) is 4.39 Å². The van der Waals surface area contributed by atoms with Crippen molar-refractivity contribution in [3.05, 3.63) is 34.1 Å². The normalized spacial score (nSPS) is 28.6. The lowest BCUT2D eigenvalue weighted by Gasteiger charge is -2.30. The number of halogens is 2. The Kier molecular flexibility index (Phi) is 3.85. The molecule has 1 aliphatic heterocycles. The van der Waals surface area contributed by atoms with E-state index < -0.39 is 0 Å². The molecule has 94 valence electrons. The van der Waals surface area contributed by atoms with Crippen molar-refractivity contribution in [3.63, 3.8) is 0 Å². The SMILES string of the molecule is CC1OCCC1(CO)Cc1cc(F)cc(Br)c1. The number of benzene rings is 1. The van der Waals surface area contributed by atoms with E-state index in [-0.39, 0.29) is 23.9 Å². The molecule has 1 aromatic carbocycles. The molecule has 0 spiro atoms. The molecule has 0 aliphatic carbocycles. The smallest absolute Gasteiger partial charge is 0.124 e. The Hall–Kier alpha value is -0.450. The van der Waals surface area contributed by atoms with Crippen LogP contribution in [0.5, 0.6) is 0 Å². The number of ether oxygens (including phenoxy) is 1. The lowest BCUT2D eigenvalue weighted by atomic mass is 9.77. The van der Waals surface area contributed by atoms with E-state index in [0.717, 1.165) is 16.5 Å². The largest absolute Gasteiger partial charge is 0.396 e. The summed E-state index contributed by atoms with van der Waals surface area (Å²) in [5.74, 6) is -0.256. The van der Waals surface area contributed by atoms with Crippen LogP contribution in [0, 0.1) is 11.2 Å². The Morgan fingerprint density at radius 3 is 2.82 bits per heavy atom. The number of aliphatic hydroxyl groups excluding tert-OH is 1. The first-order chi connectivity index (χ1) is 8.05. The van der Waals surface area contributed by atoms with Gasteiger partial charge in [0.2, 0.25) is 0 Å². The molecule has 2 rings (SSSR count). The van der Waals surface area contributed by atoms with Crippen molar-refractivity contribution in [2.45, 2.75) is 25.9 Å². The fourth-order valence-corrected chi connectivity index (χ4v) is 2.95. The molecule has 1 saturated heterocycles. The molecular formula is C13H16BrFO2. The molecule has 0 bridgehead atoms. The first-order valence-corrected chi connectivity index (χ1v) is 6.52. The molecule has 0 radical (unpaired) electrons. The zero-order valence-corrected chi connectivity index (χ0v) is 11.3. The van der Waals surface area contributed by atoms with Gasteiger partial charge in [-0.1, -0.05) is 15.9 Å². The van der Waals surface area contributed by atoms with Crippen LogP contribution in [0.3, 0.4) is 0 Å². The average Bonchev–Trinajstić information content (AvgIpc) is 2.59. The lowest BCUT2D eigenvalue weighted by molar-refractivity contribution is 0.0271. The van der Waals surface area contributed by atoms with Crippen LogP contribution in [-0.4, -0.2) is 24.4 Å². The molecule has 0 saturated carbocycles. The van der Waals surface area contributed by atoms with Crippen LogP contribution in [0.15, 0.2) is 22.7 Å². The fraction of sp³-hybridized carbons (Fsp3) is 0.538. The Labute approximate surface area is 109 Å². The van der Waals surface area contributed by atoms with Crippen molar-refractivity contribution in [1.82, 2.24) is 0 Å². The average molecular weight is 303 g/mol. The quantitative estimate of drug-likeness (QED) is 0.930. The summed E-state index contributed by atoms with van der Waals surface area (Å²) in [5.41, 5.74) is 0.621. The highest BCUT2D eigenvalue weighted by atomic mass is 79.9. The van der Waals surface area contributed by atoms with E-state index in [0.29, 0.717) is 13.0 Å². The number of hydrogen-bond donors (Lipinski definition) is 1. The monoisotopic (exact) mass is 302 g/mol.